The van der Waals surface area contributed by atoms with Gasteiger partial charge in [-0.05, 0) is 25.7 Å². The third-order valence-corrected chi connectivity index (χ3v) is 3.60. The van der Waals surface area contributed by atoms with Gasteiger partial charge in [-0.25, -0.2) is 0 Å². The molecule has 0 aliphatic carbocycles. The largest absolute Gasteiger partial charge is 0.481 e. The van der Waals surface area contributed by atoms with Crippen molar-refractivity contribution in [3.63, 3.8) is 0 Å². The molecule has 6 heteroatoms. The number of hydrogen-bond donors (Lipinski definition) is 1. The Morgan fingerprint density at radius 2 is 1.08 bits per heavy atom. The van der Waals surface area contributed by atoms with Gasteiger partial charge < -0.3 is 24.1 Å². The first kappa shape index (κ1) is 23.3. The summed E-state index contributed by atoms with van der Waals surface area (Å²) in [6, 6.07) is 0. The average Bonchev–Trinajstić information content (AvgIpc) is 2.57. The third-order valence-electron chi connectivity index (χ3n) is 3.60. The number of hydrogen-bond acceptors (Lipinski definition) is 5. The second-order valence-corrected chi connectivity index (χ2v) is 5.77. The SMILES string of the molecule is CCCCOCCOCCC(CCOCCOCCCC)C(=O)O. The van der Waals surface area contributed by atoms with Gasteiger partial charge in [-0.3, -0.25) is 4.79 Å². The fraction of sp³-hybridized carbons (Fsp3) is 0.944. The van der Waals surface area contributed by atoms with E-state index in [0.717, 1.165) is 38.9 Å². The minimum Gasteiger partial charge on any atom is -0.481 e. The molecule has 0 atom stereocenters. The van der Waals surface area contributed by atoms with Gasteiger partial charge in [0.2, 0.25) is 0 Å². The minimum absolute atomic E-state index is 0.424. The first-order chi connectivity index (χ1) is 11.7. The van der Waals surface area contributed by atoms with Crippen molar-refractivity contribution >= 4 is 5.97 Å². The Balaban J connectivity index is 3.49. The molecule has 0 fully saturated rings. The lowest BCUT2D eigenvalue weighted by molar-refractivity contribution is -0.143. The van der Waals surface area contributed by atoms with E-state index in [9.17, 15) is 9.90 Å². The Labute approximate surface area is 146 Å². The van der Waals surface area contributed by atoms with Crippen LogP contribution in [0.15, 0.2) is 0 Å². The van der Waals surface area contributed by atoms with Crippen LogP contribution in [0.25, 0.3) is 0 Å². The zero-order chi connectivity index (χ0) is 17.9. The molecule has 144 valence electrons. The fourth-order valence-electron chi connectivity index (χ4n) is 1.98. The summed E-state index contributed by atoms with van der Waals surface area (Å²) >= 11 is 0. The number of ether oxygens (including phenoxy) is 4. The first-order valence-corrected chi connectivity index (χ1v) is 9.26. The van der Waals surface area contributed by atoms with Crippen molar-refractivity contribution in [1.82, 2.24) is 0 Å². The molecule has 1 N–H and O–H groups in total. The van der Waals surface area contributed by atoms with Crippen molar-refractivity contribution in [3.8, 4) is 0 Å². The van der Waals surface area contributed by atoms with E-state index >= 15 is 0 Å². The van der Waals surface area contributed by atoms with Gasteiger partial charge >= 0.3 is 5.97 Å². The molecule has 0 aromatic heterocycles. The van der Waals surface area contributed by atoms with E-state index in [4.69, 9.17) is 18.9 Å². The number of unbranched alkanes of at least 4 members (excludes halogenated alkanes) is 2. The predicted molar refractivity (Wildman–Crippen MR) is 93.5 cm³/mol. The van der Waals surface area contributed by atoms with Crippen molar-refractivity contribution in [1.29, 1.82) is 0 Å². The second kappa shape index (κ2) is 18.6. The first-order valence-electron chi connectivity index (χ1n) is 9.26. The monoisotopic (exact) mass is 348 g/mol. The van der Waals surface area contributed by atoms with E-state index in [-0.39, 0.29) is 0 Å². The molecule has 0 aromatic carbocycles. The molecular weight excluding hydrogens is 312 g/mol. The number of carboxylic acid groups (broad SMARTS) is 1. The minimum atomic E-state index is -0.791. The Morgan fingerprint density at radius 3 is 1.42 bits per heavy atom. The number of rotatable bonds is 19. The Hall–Kier alpha value is -0.690. The summed E-state index contributed by atoms with van der Waals surface area (Å²) in [5.41, 5.74) is 0. The highest BCUT2D eigenvalue weighted by molar-refractivity contribution is 5.69. The Bertz CT molecular complexity index is 252. The summed E-state index contributed by atoms with van der Waals surface area (Å²) in [4.78, 5) is 11.2. The van der Waals surface area contributed by atoms with Crippen molar-refractivity contribution in [2.24, 2.45) is 5.92 Å². The van der Waals surface area contributed by atoms with Crippen molar-refractivity contribution in [3.05, 3.63) is 0 Å². The standard InChI is InChI=1S/C18H36O6/c1-3-5-9-21-13-15-23-11-7-17(18(19)20)8-12-24-16-14-22-10-6-4-2/h17H,3-16H2,1-2H3,(H,19,20). The fourth-order valence-corrected chi connectivity index (χ4v) is 1.98. The second-order valence-electron chi connectivity index (χ2n) is 5.77. The lowest BCUT2D eigenvalue weighted by Gasteiger charge is -2.13. The van der Waals surface area contributed by atoms with Gasteiger partial charge in [-0.1, -0.05) is 26.7 Å². The summed E-state index contributed by atoms with van der Waals surface area (Å²) in [5.74, 6) is -1.22. The predicted octanol–water partition coefficient (Wildman–Crippen LogP) is 3.13. The molecular formula is C18H36O6. The molecule has 0 heterocycles. The van der Waals surface area contributed by atoms with Crippen LogP contribution in [0.4, 0.5) is 0 Å². The molecule has 0 saturated carbocycles. The van der Waals surface area contributed by atoms with Crippen LogP contribution in [0.3, 0.4) is 0 Å². The molecule has 6 nitrogen and oxygen atoms in total. The lowest BCUT2D eigenvalue weighted by atomic mass is 10.0. The summed E-state index contributed by atoms with van der Waals surface area (Å²) in [6.45, 7) is 8.81. The summed E-state index contributed by atoms with van der Waals surface area (Å²) in [5, 5.41) is 9.21. The van der Waals surface area contributed by atoms with Gasteiger partial charge in [0.25, 0.3) is 0 Å². The van der Waals surface area contributed by atoms with Crippen LogP contribution in [-0.2, 0) is 23.7 Å². The lowest BCUT2D eigenvalue weighted by Crippen LogP contribution is -2.19. The quantitative estimate of drug-likeness (QED) is 0.362. The molecule has 0 aliphatic heterocycles. The number of carboxylic acids is 1. The van der Waals surface area contributed by atoms with Crippen LogP contribution in [-0.4, -0.2) is 63.9 Å². The van der Waals surface area contributed by atoms with Crippen LogP contribution in [0.1, 0.15) is 52.4 Å². The maximum absolute atomic E-state index is 11.2. The molecule has 0 unspecified atom stereocenters. The summed E-state index contributed by atoms with van der Waals surface area (Å²) in [7, 11) is 0. The molecule has 0 saturated heterocycles. The molecule has 0 bridgehead atoms. The molecule has 24 heavy (non-hydrogen) atoms. The Kier molecular flexibility index (Phi) is 18.1. The van der Waals surface area contributed by atoms with Gasteiger partial charge in [0.1, 0.15) is 0 Å². The highest BCUT2D eigenvalue weighted by Gasteiger charge is 2.16. The van der Waals surface area contributed by atoms with Crippen molar-refractivity contribution < 1.29 is 28.8 Å². The van der Waals surface area contributed by atoms with E-state index in [1.807, 2.05) is 0 Å². The van der Waals surface area contributed by atoms with Crippen LogP contribution in [0.2, 0.25) is 0 Å². The van der Waals surface area contributed by atoms with Crippen molar-refractivity contribution in [2.75, 3.05) is 52.9 Å². The molecule has 0 aromatic rings. The highest BCUT2D eigenvalue weighted by Crippen LogP contribution is 2.09. The number of aliphatic carboxylic acids is 1. The molecule has 0 amide bonds. The average molecular weight is 348 g/mol. The molecule has 0 rings (SSSR count). The van der Waals surface area contributed by atoms with Crippen LogP contribution >= 0.6 is 0 Å². The molecule has 0 spiro atoms. The van der Waals surface area contributed by atoms with Gasteiger partial charge in [-0.15, -0.1) is 0 Å². The number of carbonyl (C=O) groups is 1. The third kappa shape index (κ3) is 16.2. The Morgan fingerprint density at radius 1 is 0.708 bits per heavy atom. The summed E-state index contributed by atoms with van der Waals surface area (Å²) < 4.78 is 21.6. The van der Waals surface area contributed by atoms with E-state index in [0.29, 0.717) is 52.5 Å². The van der Waals surface area contributed by atoms with Crippen LogP contribution in [0, 0.1) is 5.92 Å². The zero-order valence-corrected chi connectivity index (χ0v) is 15.5. The van der Waals surface area contributed by atoms with E-state index < -0.39 is 11.9 Å². The highest BCUT2D eigenvalue weighted by atomic mass is 16.5. The normalized spacial score (nSPS) is 11.3. The zero-order valence-electron chi connectivity index (χ0n) is 15.5. The van der Waals surface area contributed by atoms with Gasteiger partial charge in [0, 0.05) is 26.4 Å². The maximum atomic E-state index is 11.2. The topological polar surface area (TPSA) is 74.2 Å². The maximum Gasteiger partial charge on any atom is 0.306 e. The van der Waals surface area contributed by atoms with E-state index in [1.165, 1.54) is 0 Å². The van der Waals surface area contributed by atoms with Gasteiger partial charge in [-0.2, -0.15) is 0 Å². The smallest absolute Gasteiger partial charge is 0.306 e. The molecule has 0 aliphatic rings. The summed E-state index contributed by atoms with van der Waals surface area (Å²) in [6.07, 6.45) is 5.36. The van der Waals surface area contributed by atoms with Crippen molar-refractivity contribution in [2.45, 2.75) is 52.4 Å². The van der Waals surface area contributed by atoms with Gasteiger partial charge in [0.05, 0.1) is 32.3 Å². The van der Waals surface area contributed by atoms with E-state index in [2.05, 4.69) is 13.8 Å². The van der Waals surface area contributed by atoms with Crippen LogP contribution in [0.5, 0.6) is 0 Å². The van der Waals surface area contributed by atoms with E-state index in [1.54, 1.807) is 0 Å². The molecule has 0 radical (unpaired) electrons. The van der Waals surface area contributed by atoms with Gasteiger partial charge in [0.15, 0.2) is 0 Å². The van der Waals surface area contributed by atoms with Crippen LogP contribution < -0.4 is 0 Å².